The van der Waals surface area contributed by atoms with Gasteiger partial charge in [0.25, 0.3) is 11.6 Å². The number of benzene rings is 1. The Bertz CT molecular complexity index is 785. The predicted molar refractivity (Wildman–Crippen MR) is 92.6 cm³/mol. The summed E-state index contributed by atoms with van der Waals surface area (Å²) in [6.45, 7) is 3.72. The highest BCUT2D eigenvalue weighted by Gasteiger charge is 2.22. The maximum Gasteiger partial charge on any atom is 0.323 e. The molecule has 0 saturated carbocycles. The van der Waals surface area contributed by atoms with E-state index in [4.69, 9.17) is 5.11 Å². The number of aromatic nitrogens is 1. The molecule has 2 aromatic rings. The van der Waals surface area contributed by atoms with Gasteiger partial charge < -0.3 is 10.0 Å². The summed E-state index contributed by atoms with van der Waals surface area (Å²) < 4.78 is 0. The van der Waals surface area contributed by atoms with Crippen molar-refractivity contribution in [2.24, 2.45) is 5.92 Å². The van der Waals surface area contributed by atoms with Crippen LogP contribution < -0.4 is 0 Å². The van der Waals surface area contributed by atoms with Gasteiger partial charge in [-0.3, -0.25) is 19.7 Å². The van der Waals surface area contributed by atoms with E-state index in [1.807, 2.05) is 13.8 Å². The van der Waals surface area contributed by atoms with Gasteiger partial charge in [-0.05, 0) is 18.1 Å². The molecule has 0 saturated heterocycles. The molecule has 0 fully saturated rings. The molecule has 2 rings (SSSR count). The van der Waals surface area contributed by atoms with Crippen LogP contribution in [0.1, 0.15) is 24.3 Å². The number of carbonyl (C=O) groups excluding carboxylic acids is 1. The Morgan fingerprint density at radius 3 is 2.48 bits per heavy atom. The Morgan fingerprint density at radius 2 is 1.96 bits per heavy atom. The lowest BCUT2D eigenvalue weighted by molar-refractivity contribution is -0.384. The molecule has 0 aliphatic rings. The van der Waals surface area contributed by atoms with E-state index in [-0.39, 0.29) is 23.8 Å². The fraction of sp³-hybridized carbons (Fsp3) is 0.312. The number of carbonyl (C=O) groups is 2. The summed E-state index contributed by atoms with van der Waals surface area (Å²) in [5.41, 5.74) is 0.796. The molecule has 1 amide bonds. The largest absolute Gasteiger partial charge is 0.480 e. The van der Waals surface area contributed by atoms with Gasteiger partial charge in [0.1, 0.15) is 17.2 Å². The minimum absolute atomic E-state index is 0.0267. The van der Waals surface area contributed by atoms with Gasteiger partial charge in [-0.1, -0.05) is 13.8 Å². The van der Waals surface area contributed by atoms with Gasteiger partial charge >= 0.3 is 5.97 Å². The van der Waals surface area contributed by atoms with Gasteiger partial charge in [0.15, 0.2) is 0 Å². The number of aliphatic carboxylic acids is 1. The molecule has 1 aromatic carbocycles. The van der Waals surface area contributed by atoms with Crippen LogP contribution in [0.5, 0.6) is 0 Å². The third kappa shape index (κ3) is 4.83. The molecule has 0 aliphatic carbocycles. The Morgan fingerprint density at radius 1 is 1.32 bits per heavy atom. The van der Waals surface area contributed by atoms with Crippen molar-refractivity contribution in [2.75, 3.05) is 13.1 Å². The second kappa shape index (κ2) is 7.84. The quantitative estimate of drug-likeness (QED) is 0.597. The van der Waals surface area contributed by atoms with E-state index in [9.17, 15) is 19.7 Å². The zero-order valence-corrected chi connectivity index (χ0v) is 14.5. The second-order valence-corrected chi connectivity index (χ2v) is 6.67. The molecule has 1 aromatic heterocycles. The number of rotatable bonds is 7. The Hall–Kier alpha value is -2.81. The Kier molecular flexibility index (Phi) is 5.81. The molecule has 1 heterocycles. The molecule has 1 N–H and O–H groups in total. The number of nitrogens with zero attached hydrogens (tertiary/aromatic N) is 3. The summed E-state index contributed by atoms with van der Waals surface area (Å²) in [4.78, 5) is 39.2. The van der Waals surface area contributed by atoms with Gasteiger partial charge in [0, 0.05) is 29.6 Å². The maximum absolute atomic E-state index is 12.5. The van der Waals surface area contributed by atoms with Crippen molar-refractivity contribution in [1.29, 1.82) is 0 Å². The normalized spacial score (nSPS) is 10.7. The van der Waals surface area contributed by atoms with Gasteiger partial charge in [-0.25, -0.2) is 4.98 Å². The predicted octanol–water partition coefficient (Wildman–Crippen LogP) is 2.90. The Balaban J connectivity index is 2.21. The number of amides is 1. The molecule has 0 atom stereocenters. The maximum atomic E-state index is 12.5. The van der Waals surface area contributed by atoms with Crippen LogP contribution >= 0.6 is 11.3 Å². The van der Waals surface area contributed by atoms with Gasteiger partial charge in [0.05, 0.1) is 4.92 Å². The van der Waals surface area contributed by atoms with E-state index in [0.29, 0.717) is 17.1 Å². The van der Waals surface area contributed by atoms with E-state index in [0.717, 1.165) is 0 Å². The highest BCUT2D eigenvalue weighted by atomic mass is 32.1. The standard InChI is InChI=1S/C16H17N3O5S/c1-10(2)7-18(8-14(20)21)16(22)13-9-25-15(17-13)11-3-5-12(6-4-11)19(23)24/h3-6,9-10H,7-8H2,1-2H3,(H,20,21). The van der Waals surface area contributed by atoms with Crippen molar-refractivity contribution >= 4 is 28.9 Å². The van der Waals surface area contributed by atoms with Crippen LogP contribution in [0.3, 0.4) is 0 Å². The summed E-state index contributed by atoms with van der Waals surface area (Å²) in [7, 11) is 0. The lowest BCUT2D eigenvalue weighted by Gasteiger charge is -2.21. The summed E-state index contributed by atoms with van der Waals surface area (Å²) >= 11 is 1.22. The van der Waals surface area contributed by atoms with E-state index in [2.05, 4.69) is 4.98 Å². The van der Waals surface area contributed by atoms with E-state index in [1.165, 1.54) is 28.4 Å². The first-order valence-electron chi connectivity index (χ1n) is 7.49. The van der Waals surface area contributed by atoms with Gasteiger partial charge in [-0.2, -0.15) is 0 Å². The van der Waals surface area contributed by atoms with Crippen LogP contribution in [0.4, 0.5) is 5.69 Å². The van der Waals surface area contributed by atoms with Gasteiger partial charge in [-0.15, -0.1) is 11.3 Å². The number of nitro benzene ring substituents is 1. The number of carboxylic acid groups (broad SMARTS) is 1. The van der Waals surface area contributed by atoms with Crippen LogP contribution in [0.15, 0.2) is 29.6 Å². The zero-order chi connectivity index (χ0) is 18.6. The highest BCUT2D eigenvalue weighted by molar-refractivity contribution is 7.13. The average Bonchev–Trinajstić information content (AvgIpc) is 3.02. The van der Waals surface area contributed by atoms with Crippen LogP contribution in [0.2, 0.25) is 0 Å². The fourth-order valence-corrected chi connectivity index (χ4v) is 3.02. The van der Waals surface area contributed by atoms with Crippen molar-refractivity contribution in [3.63, 3.8) is 0 Å². The molecule has 0 bridgehead atoms. The minimum Gasteiger partial charge on any atom is -0.480 e. The zero-order valence-electron chi connectivity index (χ0n) is 13.7. The van der Waals surface area contributed by atoms with Crippen LogP contribution in [0.25, 0.3) is 10.6 Å². The number of nitro groups is 1. The number of hydrogen-bond donors (Lipinski definition) is 1. The summed E-state index contributed by atoms with van der Waals surface area (Å²) in [5, 5.41) is 21.8. The Labute approximate surface area is 147 Å². The summed E-state index contributed by atoms with van der Waals surface area (Å²) in [6, 6.07) is 5.87. The molecular formula is C16H17N3O5S. The first-order chi connectivity index (χ1) is 11.8. The molecule has 8 nitrogen and oxygen atoms in total. The van der Waals surface area contributed by atoms with Crippen LogP contribution in [-0.2, 0) is 4.79 Å². The fourth-order valence-electron chi connectivity index (χ4n) is 2.22. The number of carboxylic acids is 1. The third-order valence-corrected chi connectivity index (χ3v) is 4.14. The van der Waals surface area contributed by atoms with Crippen molar-refractivity contribution in [3.8, 4) is 10.6 Å². The summed E-state index contributed by atoms with van der Waals surface area (Å²) in [5.74, 6) is -1.41. The molecule has 0 spiro atoms. The van der Waals surface area contributed by atoms with E-state index in [1.54, 1.807) is 17.5 Å². The first-order valence-corrected chi connectivity index (χ1v) is 8.37. The number of hydrogen-bond acceptors (Lipinski definition) is 6. The molecule has 0 aliphatic heterocycles. The van der Waals surface area contributed by atoms with Crippen LogP contribution in [-0.4, -0.2) is 44.9 Å². The molecule has 25 heavy (non-hydrogen) atoms. The van der Waals surface area contributed by atoms with Crippen molar-refractivity contribution in [1.82, 2.24) is 9.88 Å². The average molecular weight is 363 g/mol. The third-order valence-electron chi connectivity index (χ3n) is 3.25. The molecule has 9 heteroatoms. The lowest BCUT2D eigenvalue weighted by atomic mass is 10.2. The molecule has 0 unspecified atom stereocenters. The first kappa shape index (κ1) is 18.5. The monoisotopic (exact) mass is 363 g/mol. The smallest absolute Gasteiger partial charge is 0.323 e. The van der Waals surface area contributed by atoms with E-state index >= 15 is 0 Å². The topological polar surface area (TPSA) is 114 Å². The molecular weight excluding hydrogens is 346 g/mol. The minimum atomic E-state index is -1.08. The number of non-ortho nitro benzene ring substituents is 1. The number of thiazole rings is 1. The van der Waals surface area contributed by atoms with E-state index < -0.39 is 16.8 Å². The summed E-state index contributed by atoms with van der Waals surface area (Å²) in [6.07, 6.45) is 0. The SMILES string of the molecule is CC(C)CN(CC(=O)O)C(=O)c1csc(-c2ccc([N+](=O)[O-])cc2)n1. The van der Waals surface area contributed by atoms with Gasteiger partial charge in [0.2, 0.25) is 0 Å². The van der Waals surface area contributed by atoms with Crippen molar-refractivity contribution < 1.29 is 19.6 Å². The lowest BCUT2D eigenvalue weighted by Crippen LogP contribution is -2.38. The highest BCUT2D eigenvalue weighted by Crippen LogP contribution is 2.26. The molecule has 0 radical (unpaired) electrons. The van der Waals surface area contributed by atoms with Crippen molar-refractivity contribution in [3.05, 3.63) is 45.5 Å². The van der Waals surface area contributed by atoms with Crippen LogP contribution in [0, 0.1) is 16.0 Å². The molecule has 132 valence electrons. The van der Waals surface area contributed by atoms with Crippen molar-refractivity contribution in [2.45, 2.75) is 13.8 Å². The second-order valence-electron chi connectivity index (χ2n) is 5.82.